The van der Waals surface area contributed by atoms with Crippen LogP contribution in [-0.2, 0) is 19.2 Å². The lowest BCUT2D eigenvalue weighted by Crippen LogP contribution is -2.43. The Kier molecular flexibility index (Phi) is 5.52. The minimum atomic E-state index is -0.961. The highest BCUT2D eigenvalue weighted by molar-refractivity contribution is 6.45. The van der Waals surface area contributed by atoms with Gasteiger partial charge in [-0.15, -0.1) is 0 Å². The highest BCUT2D eigenvalue weighted by atomic mass is 16.2. The van der Waals surface area contributed by atoms with E-state index in [1.54, 1.807) is 29.2 Å². The summed E-state index contributed by atoms with van der Waals surface area (Å²) in [5, 5.41) is 2.64. The number of imide groups is 2. The van der Waals surface area contributed by atoms with Gasteiger partial charge in [0.2, 0.25) is 11.8 Å². The highest BCUT2D eigenvalue weighted by Crippen LogP contribution is 2.27. The molecule has 2 saturated heterocycles. The lowest BCUT2D eigenvalue weighted by molar-refractivity contribution is -0.144. The van der Waals surface area contributed by atoms with E-state index in [1.807, 2.05) is 0 Å². The van der Waals surface area contributed by atoms with Gasteiger partial charge in [-0.05, 0) is 37.5 Å². The second-order valence-electron chi connectivity index (χ2n) is 7.89. The lowest BCUT2D eigenvalue weighted by atomic mass is 9.94. The van der Waals surface area contributed by atoms with Crippen molar-refractivity contribution in [1.29, 1.82) is 0 Å². The van der Waals surface area contributed by atoms with Crippen LogP contribution in [0.5, 0.6) is 0 Å². The summed E-state index contributed by atoms with van der Waals surface area (Å²) in [5.41, 5.74) is 1.13. The molecule has 1 aliphatic carbocycles. The van der Waals surface area contributed by atoms with Gasteiger partial charge >= 0.3 is 17.8 Å². The Morgan fingerprint density at radius 2 is 1.77 bits per heavy atom. The summed E-state index contributed by atoms with van der Waals surface area (Å²) in [6.07, 6.45) is 5.54. The van der Waals surface area contributed by atoms with Crippen LogP contribution >= 0.6 is 0 Å². The van der Waals surface area contributed by atoms with Crippen LogP contribution in [0, 0.1) is 0 Å². The summed E-state index contributed by atoms with van der Waals surface area (Å²) in [6.45, 7) is 0.103. The normalized spacial score (nSPS) is 20.5. The topological polar surface area (TPSA) is 107 Å². The Morgan fingerprint density at radius 1 is 1.00 bits per heavy atom. The lowest BCUT2D eigenvalue weighted by Gasteiger charge is -2.28. The number of hydrogen-bond donors (Lipinski definition) is 1. The van der Waals surface area contributed by atoms with E-state index in [-0.39, 0.29) is 11.9 Å². The van der Waals surface area contributed by atoms with Crippen molar-refractivity contribution in [3.63, 3.8) is 0 Å². The van der Waals surface area contributed by atoms with E-state index in [9.17, 15) is 24.0 Å². The average Bonchev–Trinajstić information content (AvgIpc) is 3.26. The molecule has 0 radical (unpaired) electrons. The van der Waals surface area contributed by atoms with Crippen molar-refractivity contribution in [3.8, 4) is 0 Å². The van der Waals surface area contributed by atoms with Gasteiger partial charge in [-0.2, -0.15) is 0 Å². The fourth-order valence-corrected chi connectivity index (χ4v) is 4.34. The summed E-state index contributed by atoms with van der Waals surface area (Å²) >= 11 is 0. The largest absolute Gasteiger partial charge is 0.334 e. The number of nitrogens with one attached hydrogen (secondary N) is 1. The first-order valence-electron chi connectivity index (χ1n) is 10.3. The van der Waals surface area contributed by atoms with E-state index >= 15 is 0 Å². The van der Waals surface area contributed by atoms with Crippen LogP contribution in [0.4, 0.5) is 16.2 Å². The molecule has 30 heavy (non-hydrogen) atoms. The molecule has 0 unspecified atom stereocenters. The van der Waals surface area contributed by atoms with E-state index in [0.717, 1.165) is 30.6 Å². The number of amides is 6. The fourth-order valence-electron chi connectivity index (χ4n) is 4.34. The Morgan fingerprint density at radius 3 is 2.47 bits per heavy atom. The number of benzene rings is 1. The first kappa shape index (κ1) is 20.1. The van der Waals surface area contributed by atoms with Crippen molar-refractivity contribution in [2.45, 2.75) is 51.0 Å². The zero-order chi connectivity index (χ0) is 21.3. The molecule has 1 aromatic carbocycles. The maximum absolute atomic E-state index is 12.7. The number of hydrogen-bond acceptors (Lipinski definition) is 5. The van der Waals surface area contributed by atoms with Gasteiger partial charge < -0.3 is 10.2 Å². The average molecular weight is 412 g/mol. The standard InChI is InChI=1S/C21H24N4O5/c26-17(22-14-6-4-9-16(12-14)23-11-5-10-18(23)27)13-24-19(28)20(29)25(21(24)30)15-7-2-1-3-8-15/h4,6,9,12,15H,1-3,5,7-8,10-11,13H2,(H,22,26). The fraction of sp³-hybridized carbons (Fsp3) is 0.476. The van der Waals surface area contributed by atoms with Crippen LogP contribution in [0.2, 0.25) is 0 Å². The Bertz CT molecular complexity index is 908. The summed E-state index contributed by atoms with van der Waals surface area (Å²) in [6, 6.07) is 5.85. The van der Waals surface area contributed by atoms with E-state index in [0.29, 0.717) is 42.1 Å². The van der Waals surface area contributed by atoms with Gasteiger partial charge in [0.15, 0.2) is 0 Å². The second-order valence-corrected chi connectivity index (χ2v) is 7.89. The molecule has 0 bridgehead atoms. The van der Waals surface area contributed by atoms with Crippen molar-refractivity contribution >= 4 is 41.0 Å². The number of carbonyl (C=O) groups excluding carboxylic acids is 5. The number of rotatable bonds is 5. The summed E-state index contributed by atoms with van der Waals surface area (Å²) < 4.78 is 0. The van der Waals surface area contributed by atoms with E-state index in [1.165, 1.54) is 0 Å². The zero-order valence-electron chi connectivity index (χ0n) is 16.6. The predicted molar refractivity (Wildman–Crippen MR) is 107 cm³/mol. The molecule has 3 fully saturated rings. The number of nitrogens with zero attached hydrogens (tertiary/aromatic N) is 3. The third-order valence-corrected chi connectivity index (χ3v) is 5.84. The summed E-state index contributed by atoms with van der Waals surface area (Å²) in [5.74, 6) is -2.36. The first-order chi connectivity index (χ1) is 14.5. The minimum absolute atomic E-state index is 0.0352. The van der Waals surface area contributed by atoms with E-state index in [4.69, 9.17) is 0 Å². The van der Waals surface area contributed by atoms with Crippen molar-refractivity contribution in [1.82, 2.24) is 9.80 Å². The maximum atomic E-state index is 12.7. The summed E-state index contributed by atoms with van der Waals surface area (Å²) in [4.78, 5) is 65.1. The smallest absolute Gasteiger partial charge is 0.324 e. The molecule has 0 atom stereocenters. The van der Waals surface area contributed by atoms with Crippen molar-refractivity contribution < 1.29 is 24.0 Å². The van der Waals surface area contributed by atoms with Gasteiger partial charge in [0, 0.05) is 30.4 Å². The third-order valence-electron chi connectivity index (χ3n) is 5.84. The molecule has 1 saturated carbocycles. The van der Waals surface area contributed by atoms with Gasteiger partial charge in [0.05, 0.1) is 0 Å². The summed E-state index contributed by atoms with van der Waals surface area (Å²) in [7, 11) is 0. The van der Waals surface area contributed by atoms with Crippen LogP contribution in [0.25, 0.3) is 0 Å². The van der Waals surface area contributed by atoms with Crippen molar-refractivity contribution in [2.24, 2.45) is 0 Å². The van der Waals surface area contributed by atoms with Crippen molar-refractivity contribution in [2.75, 3.05) is 23.3 Å². The van der Waals surface area contributed by atoms with E-state index in [2.05, 4.69) is 5.32 Å². The zero-order valence-corrected chi connectivity index (χ0v) is 16.6. The second kappa shape index (κ2) is 8.25. The van der Waals surface area contributed by atoms with Gasteiger partial charge in [0.25, 0.3) is 0 Å². The van der Waals surface area contributed by atoms with Gasteiger partial charge in [-0.1, -0.05) is 25.3 Å². The monoisotopic (exact) mass is 412 g/mol. The SMILES string of the molecule is O=C(CN1C(=O)C(=O)N(C2CCCCC2)C1=O)Nc1cccc(N2CCCC2=O)c1. The molecule has 1 N–H and O–H groups in total. The van der Waals surface area contributed by atoms with Gasteiger partial charge in [0.1, 0.15) is 6.54 Å². The number of anilines is 2. The molecule has 1 aromatic rings. The molecule has 2 aliphatic heterocycles. The maximum Gasteiger partial charge on any atom is 0.334 e. The van der Waals surface area contributed by atoms with Gasteiger partial charge in [-0.25, -0.2) is 9.69 Å². The highest BCUT2D eigenvalue weighted by Gasteiger charge is 2.48. The molecule has 158 valence electrons. The third kappa shape index (κ3) is 3.79. The number of urea groups is 1. The molecule has 0 spiro atoms. The Balaban J connectivity index is 1.41. The van der Waals surface area contributed by atoms with Crippen LogP contribution in [0.15, 0.2) is 24.3 Å². The Hall–Kier alpha value is -3.23. The molecule has 9 nitrogen and oxygen atoms in total. The molecule has 3 aliphatic rings. The molecule has 2 heterocycles. The first-order valence-corrected chi connectivity index (χ1v) is 10.3. The molecule has 6 amide bonds. The quantitative estimate of drug-likeness (QED) is 0.587. The van der Waals surface area contributed by atoms with Crippen molar-refractivity contribution in [3.05, 3.63) is 24.3 Å². The minimum Gasteiger partial charge on any atom is -0.324 e. The number of carbonyl (C=O) groups is 5. The predicted octanol–water partition coefficient (Wildman–Crippen LogP) is 1.88. The van der Waals surface area contributed by atoms with Crippen LogP contribution < -0.4 is 10.2 Å². The van der Waals surface area contributed by atoms with Crippen LogP contribution in [0.1, 0.15) is 44.9 Å². The molecular weight excluding hydrogens is 388 g/mol. The van der Waals surface area contributed by atoms with Crippen LogP contribution in [0.3, 0.4) is 0 Å². The van der Waals surface area contributed by atoms with E-state index < -0.39 is 30.3 Å². The Labute approximate surface area is 174 Å². The van der Waals surface area contributed by atoms with Crippen LogP contribution in [-0.4, -0.2) is 58.6 Å². The molecule has 4 rings (SSSR count). The molecular formula is C21H24N4O5. The molecule has 9 heteroatoms. The van der Waals surface area contributed by atoms with Gasteiger partial charge in [-0.3, -0.25) is 24.1 Å². The molecule has 0 aromatic heterocycles.